The van der Waals surface area contributed by atoms with E-state index in [1.54, 1.807) is 13.8 Å². The van der Waals surface area contributed by atoms with Crippen LogP contribution < -0.4 is 0 Å². The molecule has 0 unspecified atom stereocenters. The van der Waals surface area contributed by atoms with Crippen molar-refractivity contribution in [1.82, 2.24) is 4.90 Å². The lowest BCUT2D eigenvalue weighted by molar-refractivity contribution is 0.0298. The lowest BCUT2D eigenvalue weighted by Gasteiger charge is -2.27. The van der Waals surface area contributed by atoms with E-state index in [4.69, 9.17) is 16.0 Å². The van der Waals surface area contributed by atoms with Gasteiger partial charge in [-0.15, -0.1) is 0 Å². The van der Waals surface area contributed by atoms with Crippen LogP contribution in [0.25, 0.3) is 0 Å². The third-order valence-electron chi connectivity index (χ3n) is 2.03. The number of aliphatic hydroxyl groups is 1. The fourth-order valence-electron chi connectivity index (χ4n) is 1.38. The standard InChI is InChI=1S/C11H16ClNO3/c1-4-13(7-11(2,3)15)10(14)8-5-6-9(12)16-8/h5-6,15H,4,7H2,1-3H3. The van der Waals surface area contributed by atoms with Gasteiger partial charge in [0.2, 0.25) is 0 Å². The molecule has 0 spiro atoms. The quantitative estimate of drug-likeness (QED) is 0.885. The van der Waals surface area contributed by atoms with Gasteiger partial charge >= 0.3 is 0 Å². The van der Waals surface area contributed by atoms with Gasteiger partial charge in [0.25, 0.3) is 5.91 Å². The lowest BCUT2D eigenvalue weighted by atomic mass is 10.1. The van der Waals surface area contributed by atoms with Crippen LogP contribution in [0.4, 0.5) is 0 Å². The zero-order valence-corrected chi connectivity index (χ0v) is 10.4. The molecule has 1 aromatic rings. The second kappa shape index (κ2) is 4.89. The molecule has 0 aliphatic heterocycles. The van der Waals surface area contributed by atoms with Gasteiger partial charge in [-0.1, -0.05) is 0 Å². The summed E-state index contributed by atoms with van der Waals surface area (Å²) in [7, 11) is 0. The Morgan fingerprint density at radius 3 is 2.56 bits per heavy atom. The van der Waals surface area contributed by atoms with Crippen LogP contribution in [0, 0.1) is 0 Å². The second-order valence-corrected chi connectivity index (χ2v) is 4.61. The highest BCUT2D eigenvalue weighted by atomic mass is 35.5. The summed E-state index contributed by atoms with van der Waals surface area (Å²) in [6.07, 6.45) is 0. The Morgan fingerprint density at radius 1 is 1.56 bits per heavy atom. The average molecular weight is 246 g/mol. The first-order valence-corrected chi connectivity index (χ1v) is 5.48. The Labute approximate surface area is 99.8 Å². The summed E-state index contributed by atoms with van der Waals surface area (Å²) in [5, 5.41) is 9.85. The molecule has 0 fully saturated rings. The maximum Gasteiger partial charge on any atom is 0.289 e. The summed E-state index contributed by atoms with van der Waals surface area (Å²) in [6.45, 7) is 5.89. The van der Waals surface area contributed by atoms with Crippen LogP contribution in [0.1, 0.15) is 31.3 Å². The SMILES string of the molecule is CCN(CC(C)(C)O)C(=O)c1ccc(Cl)o1. The molecule has 5 heteroatoms. The van der Waals surface area contributed by atoms with Crippen molar-refractivity contribution in [2.24, 2.45) is 0 Å². The van der Waals surface area contributed by atoms with Crippen LogP contribution in [-0.2, 0) is 0 Å². The lowest BCUT2D eigenvalue weighted by Crippen LogP contribution is -2.42. The summed E-state index contributed by atoms with van der Waals surface area (Å²) in [4.78, 5) is 13.4. The van der Waals surface area contributed by atoms with Gasteiger partial charge in [0.15, 0.2) is 11.0 Å². The summed E-state index contributed by atoms with van der Waals surface area (Å²) in [5.74, 6) is -0.0763. The predicted molar refractivity (Wildman–Crippen MR) is 61.6 cm³/mol. The van der Waals surface area contributed by atoms with Gasteiger partial charge in [-0.25, -0.2) is 0 Å². The van der Waals surface area contributed by atoms with Crippen LogP contribution in [0.3, 0.4) is 0 Å². The number of hydrogen-bond donors (Lipinski definition) is 1. The topological polar surface area (TPSA) is 53.7 Å². The minimum atomic E-state index is -0.929. The number of rotatable bonds is 4. The highest BCUT2D eigenvalue weighted by Gasteiger charge is 2.24. The van der Waals surface area contributed by atoms with Crippen molar-refractivity contribution < 1.29 is 14.3 Å². The molecule has 1 aromatic heterocycles. The maximum atomic E-state index is 11.9. The molecule has 16 heavy (non-hydrogen) atoms. The smallest absolute Gasteiger partial charge is 0.289 e. The number of hydrogen-bond acceptors (Lipinski definition) is 3. The molecule has 0 aliphatic rings. The molecule has 0 bridgehead atoms. The zero-order chi connectivity index (χ0) is 12.3. The van der Waals surface area contributed by atoms with E-state index in [0.717, 1.165) is 0 Å². The van der Waals surface area contributed by atoms with Gasteiger partial charge < -0.3 is 14.4 Å². The highest BCUT2D eigenvalue weighted by Crippen LogP contribution is 2.16. The van der Waals surface area contributed by atoms with Crippen molar-refractivity contribution in [2.75, 3.05) is 13.1 Å². The van der Waals surface area contributed by atoms with E-state index >= 15 is 0 Å². The van der Waals surface area contributed by atoms with E-state index in [0.29, 0.717) is 6.54 Å². The summed E-state index contributed by atoms with van der Waals surface area (Å²) in [6, 6.07) is 3.05. The number of carbonyl (C=O) groups is 1. The molecule has 0 saturated carbocycles. The molecular weight excluding hydrogens is 230 g/mol. The van der Waals surface area contributed by atoms with Gasteiger partial charge in [0.1, 0.15) is 0 Å². The van der Waals surface area contributed by atoms with E-state index in [-0.39, 0.29) is 23.4 Å². The van der Waals surface area contributed by atoms with Gasteiger partial charge in [-0.05, 0) is 44.5 Å². The first-order chi connectivity index (χ1) is 7.33. The second-order valence-electron chi connectivity index (χ2n) is 4.24. The number of furan rings is 1. The average Bonchev–Trinajstić information content (AvgIpc) is 2.58. The molecule has 1 rings (SSSR count). The molecule has 1 heterocycles. The summed E-state index contributed by atoms with van der Waals surface area (Å²) >= 11 is 5.60. The Balaban J connectivity index is 2.78. The fourth-order valence-corrected chi connectivity index (χ4v) is 1.53. The van der Waals surface area contributed by atoms with E-state index < -0.39 is 5.60 Å². The zero-order valence-electron chi connectivity index (χ0n) is 9.66. The van der Waals surface area contributed by atoms with E-state index in [9.17, 15) is 9.90 Å². The highest BCUT2D eigenvalue weighted by molar-refractivity contribution is 6.29. The van der Waals surface area contributed by atoms with Crippen molar-refractivity contribution in [2.45, 2.75) is 26.4 Å². The molecule has 1 amide bonds. The van der Waals surface area contributed by atoms with Crippen molar-refractivity contribution >= 4 is 17.5 Å². The maximum absolute atomic E-state index is 11.9. The first kappa shape index (κ1) is 13.1. The van der Waals surface area contributed by atoms with Crippen LogP contribution in [0.5, 0.6) is 0 Å². The van der Waals surface area contributed by atoms with Crippen molar-refractivity contribution in [3.8, 4) is 0 Å². The minimum absolute atomic E-state index is 0.183. The molecule has 0 atom stereocenters. The molecule has 90 valence electrons. The molecule has 0 aliphatic carbocycles. The van der Waals surface area contributed by atoms with Gasteiger partial charge in [0.05, 0.1) is 5.60 Å². The van der Waals surface area contributed by atoms with Gasteiger partial charge in [-0.3, -0.25) is 4.79 Å². The predicted octanol–water partition coefficient (Wildman–Crippen LogP) is 2.17. The van der Waals surface area contributed by atoms with Crippen LogP contribution in [0.15, 0.2) is 16.5 Å². The minimum Gasteiger partial charge on any atom is -0.440 e. The van der Waals surface area contributed by atoms with Crippen molar-refractivity contribution in [3.05, 3.63) is 23.1 Å². The molecule has 1 N–H and O–H groups in total. The number of likely N-dealkylation sites (N-methyl/N-ethyl adjacent to an activating group) is 1. The van der Waals surface area contributed by atoms with E-state index in [1.165, 1.54) is 17.0 Å². The number of halogens is 1. The Kier molecular flexibility index (Phi) is 3.99. The van der Waals surface area contributed by atoms with Gasteiger partial charge in [0, 0.05) is 13.1 Å². The largest absolute Gasteiger partial charge is 0.440 e. The molecule has 4 nitrogen and oxygen atoms in total. The summed E-state index contributed by atoms with van der Waals surface area (Å²) < 4.78 is 5.04. The Morgan fingerprint density at radius 2 is 2.19 bits per heavy atom. The van der Waals surface area contributed by atoms with Crippen LogP contribution >= 0.6 is 11.6 Å². The van der Waals surface area contributed by atoms with E-state index in [1.807, 2.05) is 6.92 Å². The Bertz CT molecular complexity index is 368. The Hall–Kier alpha value is -1.00. The number of amides is 1. The third-order valence-corrected chi connectivity index (χ3v) is 2.23. The molecule has 0 radical (unpaired) electrons. The van der Waals surface area contributed by atoms with Crippen LogP contribution in [-0.4, -0.2) is 34.6 Å². The number of nitrogens with zero attached hydrogens (tertiary/aromatic N) is 1. The van der Waals surface area contributed by atoms with Crippen molar-refractivity contribution in [1.29, 1.82) is 0 Å². The molecule has 0 saturated heterocycles. The number of carbonyl (C=O) groups excluding carboxylic acids is 1. The van der Waals surface area contributed by atoms with E-state index in [2.05, 4.69) is 0 Å². The monoisotopic (exact) mass is 245 g/mol. The molecular formula is C11H16ClNO3. The molecule has 0 aromatic carbocycles. The third kappa shape index (κ3) is 3.54. The summed E-state index contributed by atoms with van der Waals surface area (Å²) in [5.41, 5.74) is -0.929. The first-order valence-electron chi connectivity index (χ1n) is 5.10. The van der Waals surface area contributed by atoms with Crippen LogP contribution in [0.2, 0.25) is 5.22 Å². The normalized spacial score (nSPS) is 11.6. The fraction of sp³-hybridized carbons (Fsp3) is 0.545. The van der Waals surface area contributed by atoms with Crippen molar-refractivity contribution in [3.63, 3.8) is 0 Å². The van der Waals surface area contributed by atoms with Gasteiger partial charge in [-0.2, -0.15) is 0 Å².